The molecule has 0 unspecified atom stereocenters. The van der Waals surface area contributed by atoms with Crippen LogP contribution < -0.4 is 0 Å². The van der Waals surface area contributed by atoms with Gasteiger partial charge in [-0.3, -0.25) is 0 Å². The van der Waals surface area contributed by atoms with Crippen LogP contribution in [0, 0.1) is 34.6 Å². The fourth-order valence-corrected chi connectivity index (χ4v) is 5.19. The van der Waals surface area contributed by atoms with Gasteiger partial charge in [0.15, 0.2) is 22.6 Å². The number of H-pyrrole nitrogens is 4. The van der Waals surface area contributed by atoms with Gasteiger partial charge in [0.05, 0.1) is 34.1 Å². The van der Waals surface area contributed by atoms with Crippen LogP contribution in [0.4, 0.5) is 0 Å². The maximum atomic E-state index is 4.50. The molecule has 0 spiro atoms. The molecule has 0 aliphatic carbocycles. The molecule has 0 saturated carbocycles. The van der Waals surface area contributed by atoms with Gasteiger partial charge in [0.1, 0.15) is 34.6 Å². The second-order valence-corrected chi connectivity index (χ2v) is 14.7. The lowest BCUT2D eigenvalue weighted by molar-refractivity contribution is 0.797. The van der Waals surface area contributed by atoms with Crippen LogP contribution in [-0.2, 0) is 0 Å². The lowest BCUT2D eigenvalue weighted by Crippen LogP contribution is -1.91. The van der Waals surface area contributed by atoms with E-state index in [2.05, 4.69) is 151 Å². The summed E-state index contributed by atoms with van der Waals surface area (Å²) in [5, 5.41) is 0. The predicted molar refractivity (Wildman–Crippen MR) is 213 cm³/mol. The zero-order valence-electron chi connectivity index (χ0n) is 33.3. The monoisotopic (exact) mass is 715 g/mol. The number of benzene rings is 1. The molecule has 7 aromatic heterocycles. The van der Waals surface area contributed by atoms with Crippen LogP contribution in [0.25, 0.3) is 44.7 Å². The average Bonchev–Trinajstić information content (AvgIpc) is 3.89. The number of nitrogens with zero attached hydrogens (tertiary/aromatic N) is 9. The number of hydrogen-bond acceptors (Lipinski definition) is 9. The molecular formula is C40H53N13. The number of aryl methyl sites for hydroxylation is 5. The third-order valence-electron chi connectivity index (χ3n) is 8.48. The Kier molecular flexibility index (Phi) is 11.9. The Balaban J connectivity index is 0.000000136. The Morgan fingerprint density at radius 2 is 0.962 bits per heavy atom. The van der Waals surface area contributed by atoms with Gasteiger partial charge in [-0.05, 0) is 63.9 Å². The van der Waals surface area contributed by atoms with Gasteiger partial charge >= 0.3 is 0 Å². The van der Waals surface area contributed by atoms with Crippen molar-refractivity contribution in [2.24, 2.45) is 0 Å². The van der Waals surface area contributed by atoms with Crippen molar-refractivity contribution in [1.29, 1.82) is 0 Å². The SMILES string of the molecule is Cc1ccc2nc(C(C)C)[nH]c2c1.Cc1cnc2nc(C(C)C)[nH]c2c1.Cc1nc2nc(C(C)C)[nH]c2nc1C.Cc1ncc2[nH]c(C(C)C)nc2n1. The third-order valence-corrected chi connectivity index (χ3v) is 8.48. The van der Waals surface area contributed by atoms with Gasteiger partial charge in [0, 0.05) is 29.9 Å². The number of rotatable bonds is 4. The summed E-state index contributed by atoms with van der Waals surface area (Å²) < 4.78 is 0. The van der Waals surface area contributed by atoms with Gasteiger partial charge in [0.2, 0.25) is 0 Å². The molecular weight excluding hydrogens is 663 g/mol. The minimum atomic E-state index is 0.381. The number of aromatic nitrogens is 13. The van der Waals surface area contributed by atoms with Gasteiger partial charge in [-0.25, -0.2) is 44.9 Å². The van der Waals surface area contributed by atoms with Crippen molar-refractivity contribution >= 4 is 44.7 Å². The Morgan fingerprint density at radius 1 is 0.434 bits per heavy atom. The molecule has 8 aromatic rings. The van der Waals surface area contributed by atoms with E-state index in [9.17, 15) is 0 Å². The van der Waals surface area contributed by atoms with Gasteiger partial charge in [-0.2, -0.15) is 0 Å². The van der Waals surface area contributed by atoms with E-state index in [-0.39, 0.29) is 0 Å². The second-order valence-electron chi connectivity index (χ2n) is 14.7. The fourth-order valence-electron chi connectivity index (χ4n) is 5.19. The van der Waals surface area contributed by atoms with Crippen LogP contribution >= 0.6 is 0 Å². The first-order chi connectivity index (χ1) is 25.1. The zero-order chi connectivity index (χ0) is 38.6. The topological polar surface area (TPSA) is 179 Å². The molecule has 1 aromatic carbocycles. The molecule has 8 rings (SSSR count). The molecule has 0 fully saturated rings. The number of fused-ring (bicyclic) bond motifs is 4. The van der Waals surface area contributed by atoms with Crippen LogP contribution in [0.2, 0.25) is 0 Å². The maximum absolute atomic E-state index is 4.50. The number of nitrogens with one attached hydrogen (secondary N) is 4. The van der Waals surface area contributed by atoms with E-state index in [0.717, 1.165) is 90.7 Å². The van der Waals surface area contributed by atoms with E-state index in [4.69, 9.17) is 0 Å². The summed E-state index contributed by atoms with van der Waals surface area (Å²) in [7, 11) is 0. The van der Waals surface area contributed by atoms with Crippen LogP contribution in [0.5, 0.6) is 0 Å². The highest BCUT2D eigenvalue weighted by Gasteiger charge is 2.11. The fraction of sp³-hybridized carbons (Fsp3) is 0.425. The van der Waals surface area contributed by atoms with Crippen LogP contribution in [0.1, 0.15) is 131 Å². The summed E-state index contributed by atoms with van der Waals surface area (Å²) in [6.45, 7) is 26.8. The van der Waals surface area contributed by atoms with Crippen molar-refractivity contribution < 1.29 is 0 Å². The Morgan fingerprint density at radius 3 is 1.62 bits per heavy atom. The van der Waals surface area contributed by atoms with Crippen LogP contribution in [-0.4, -0.2) is 64.8 Å². The summed E-state index contributed by atoms with van der Waals surface area (Å²) in [6.07, 6.45) is 3.61. The Labute approximate surface area is 310 Å². The molecule has 53 heavy (non-hydrogen) atoms. The number of aromatic amines is 4. The number of hydrogen-bond donors (Lipinski definition) is 4. The van der Waals surface area contributed by atoms with Gasteiger partial charge in [0.25, 0.3) is 0 Å². The molecule has 0 aliphatic rings. The van der Waals surface area contributed by atoms with E-state index in [1.54, 1.807) is 6.20 Å². The molecule has 0 amide bonds. The average molecular weight is 716 g/mol. The third kappa shape index (κ3) is 9.65. The molecule has 13 nitrogen and oxygen atoms in total. The predicted octanol–water partition coefficient (Wildman–Crippen LogP) is 9.26. The molecule has 0 radical (unpaired) electrons. The van der Waals surface area contributed by atoms with E-state index in [0.29, 0.717) is 23.7 Å². The van der Waals surface area contributed by atoms with E-state index < -0.39 is 0 Å². The number of imidazole rings is 4. The maximum Gasteiger partial charge on any atom is 0.197 e. The van der Waals surface area contributed by atoms with Crippen molar-refractivity contribution in [3.63, 3.8) is 0 Å². The molecule has 0 aliphatic heterocycles. The Hall–Kier alpha value is -5.59. The molecule has 278 valence electrons. The largest absolute Gasteiger partial charge is 0.342 e. The summed E-state index contributed by atoms with van der Waals surface area (Å²) in [6, 6.07) is 8.36. The minimum absolute atomic E-state index is 0.381. The minimum Gasteiger partial charge on any atom is -0.342 e. The highest BCUT2D eigenvalue weighted by Crippen LogP contribution is 2.19. The molecule has 0 bridgehead atoms. The molecule has 0 saturated heterocycles. The first kappa shape index (κ1) is 38.6. The Bertz CT molecular complexity index is 2200. The molecule has 4 N–H and O–H groups in total. The highest BCUT2D eigenvalue weighted by atomic mass is 15.1. The summed E-state index contributed by atoms with van der Waals surface area (Å²) in [4.78, 5) is 51.9. The summed E-state index contributed by atoms with van der Waals surface area (Å²) in [5.41, 5.74) is 11.6. The molecule has 7 heterocycles. The summed E-state index contributed by atoms with van der Waals surface area (Å²) >= 11 is 0. The van der Waals surface area contributed by atoms with Gasteiger partial charge in [-0.1, -0.05) is 61.5 Å². The lowest BCUT2D eigenvalue weighted by Gasteiger charge is -1.95. The first-order valence-electron chi connectivity index (χ1n) is 18.3. The summed E-state index contributed by atoms with van der Waals surface area (Å²) in [5.74, 6) is 6.42. The second kappa shape index (κ2) is 16.4. The standard InChI is InChI=1S/C11H14N2.C10H14N4.C10H13N3.C9H12N4/c1-7(2)11-12-9-5-4-8(3)6-10(9)13-11;1-5(2)8-13-9-10(14-8)12-7(4)6(3)11-9;1-6(2)9-12-8-4-7(3)5-11-10(8)13-9;1-5(2)8-12-7-4-10-6(3)11-9(7)13-8/h4-7H,1-3H3,(H,12,13);5H,1-4H3,(H,11,12,13,14);4-6H,1-3H3,(H,11,12,13);4-5H,1-3H3,(H,10,11,12,13). The van der Waals surface area contributed by atoms with Crippen LogP contribution in [0.15, 0.2) is 36.7 Å². The van der Waals surface area contributed by atoms with E-state index >= 15 is 0 Å². The van der Waals surface area contributed by atoms with Crippen molar-refractivity contribution in [2.75, 3.05) is 0 Å². The van der Waals surface area contributed by atoms with Crippen molar-refractivity contribution in [3.8, 4) is 0 Å². The number of pyridine rings is 1. The van der Waals surface area contributed by atoms with Crippen molar-refractivity contribution in [2.45, 2.75) is 114 Å². The quantitative estimate of drug-likeness (QED) is 0.138. The first-order valence-corrected chi connectivity index (χ1v) is 18.3. The van der Waals surface area contributed by atoms with Gasteiger partial charge in [-0.15, -0.1) is 0 Å². The highest BCUT2D eigenvalue weighted by molar-refractivity contribution is 5.76. The van der Waals surface area contributed by atoms with Crippen LogP contribution in [0.3, 0.4) is 0 Å². The smallest absolute Gasteiger partial charge is 0.197 e. The van der Waals surface area contributed by atoms with E-state index in [1.807, 2.05) is 33.9 Å². The molecule has 13 heteroatoms. The van der Waals surface area contributed by atoms with Gasteiger partial charge < -0.3 is 19.9 Å². The van der Waals surface area contributed by atoms with Crippen molar-refractivity contribution in [1.82, 2.24) is 64.8 Å². The van der Waals surface area contributed by atoms with E-state index in [1.165, 1.54) is 5.56 Å². The molecule has 0 atom stereocenters. The zero-order valence-corrected chi connectivity index (χ0v) is 33.3. The van der Waals surface area contributed by atoms with Crippen molar-refractivity contribution in [3.05, 3.63) is 88.3 Å². The lowest BCUT2D eigenvalue weighted by atomic mass is 10.2. The normalized spacial score (nSPS) is 11.4.